The predicted octanol–water partition coefficient (Wildman–Crippen LogP) is 26.8. The molecule has 16 aromatic carbocycles. The number of benzene rings is 16. The number of hydrogen-bond acceptors (Lipinski definition) is 15. The lowest BCUT2D eigenvalue weighted by atomic mass is 9.79. The molecule has 0 atom stereocenters. The van der Waals surface area contributed by atoms with Gasteiger partial charge in [-0.05, 0) is 131 Å². The average molecular weight is 1760 g/mol. The van der Waals surface area contributed by atoms with Crippen molar-refractivity contribution >= 4 is 44.2 Å². The minimum atomic E-state index is -5.77. The Hall–Kier alpha value is -16.3. The lowest BCUT2D eigenvalue weighted by Gasteiger charge is -2.32. The molecule has 133 heavy (non-hydrogen) atoms. The molecule has 644 valence electrons. The van der Waals surface area contributed by atoms with E-state index in [-0.39, 0.29) is 18.3 Å². The molecular weight excluding hydrogens is 1680 g/mol. The van der Waals surface area contributed by atoms with Crippen molar-refractivity contribution in [3.8, 4) is 175 Å². The van der Waals surface area contributed by atoms with Crippen molar-refractivity contribution < 1.29 is 35.1 Å². The monoisotopic (exact) mass is 1760 g/mol. The van der Waals surface area contributed by atoms with Crippen molar-refractivity contribution in [1.29, 1.82) is 0 Å². The quantitative estimate of drug-likeness (QED) is 0.0447. The standard InChI is InChI=1S/C53H35N5.C32H20F3N3O3S.C28H27BN2O2/c1-5-13-39(14-6-1)48-35-49(40-15-7-2-8-16-40)55-50(54-48)43-27-21-36(22-28-43)45-31-25-38-26-32-46(34-47(38)33-45)37-23-29-44(30-24-37)53-57-51(41-17-9-3-10-18-41)56-52(58-53)42-19-11-4-12-20-42;33-32(34,35)42(39,40)41-28-18-17-22-13-16-26(19-27(22)20-28)21-11-14-25(15-12-21)31-37-29(23-7-3-1-4-8-23)36-30(38-31)24-9-5-2-6-10-24;1-27(2)28(3,4)33-29(32-27)23-17-15-22(16-18-23)26-30-24(20-11-7-5-8-12-20)19-25(31-26)21-13-9-6-10-14-21/h1-35H;1-20H;5-19H,1-4H3. The van der Waals surface area contributed by atoms with Gasteiger partial charge in [0, 0.05) is 66.8 Å². The van der Waals surface area contributed by atoms with Gasteiger partial charge in [-0.15, -0.1) is 0 Å². The van der Waals surface area contributed by atoms with E-state index < -0.39 is 21.4 Å². The number of halogens is 3. The van der Waals surface area contributed by atoms with Gasteiger partial charge in [0.15, 0.2) is 46.6 Å². The highest BCUT2D eigenvalue weighted by molar-refractivity contribution is 7.88. The number of alkyl halides is 3. The summed E-state index contributed by atoms with van der Waals surface area (Å²) in [5.74, 6) is 4.49. The Bertz CT molecular complexity index is 7220. The molecule has 5 heterocycles. The molecule has 1 saturated heterocycles. The van der Waals surface area contributed by atoms with Gasteiger partial charge in [-0.3, -0.25) is 0 Å². The van der Waals surface area contributed by atoms with E-state index in [0.717, 1.165) is 128 Å². The maximum absolute atomic E-state index is 12.8. The van der Waals surface area contributed by atoms with Crippen molar-refractivity contribution in [3.63, 3.8) is 0 Å². The van der Waals surface area contributed by atoms with Gasteiger partial charge in [0.1, 0.15) is 5.75 Å². The van der Waals surface area contributed by atoms with Crippen LogP contribution < -0.4 is 9.65 Å². The summed E-state index contributed by atoms with van der Waals surface area (Å²) < 4.78 is 77.9. The fourth-order valence-corrected chi connectivity index (χ4v) is 15.9. The van der Waals surface area contributed by atoms with Crippen molar-refractivity contribution in [2.24, 2.45) is 0 Å². The fraction of sp³-hybridized carbons (Fsp3) is 0.0619. The summed E-state index contributed by atoms with van der Waals surface area (Å²) in [6, 6.07) is 140. The SMILES string of the molecule is CC1(C)OB(c2ccc(-c3nc(-c4ccccc4)cc(-c4ccccc4)n3)cc2)OC1(C)C.O=S(=O)(Oc1ccc2ccc(-c3ccc(-c4nc(-c5ccccc5)nc(-c5ccccc5)n4)cc3)cc2c1)C(F)(F)F.c1ccc(-c2cc(-c3ccccc3)nc(-c3ccc(-c4ccc5ccc(-c6ccc(-c7nc(-c8ccccc8)nc(-c8ccccc8)n7)cc6)cc5c4)cc3)n2)cc1. The first-order chi connectivity index (χ1) is 64.7. The largest absolute Gasteiger partial charge is 0.534 e. The van der Waals surface area contributed by atoms with Crippen LogP contribution in [0.15, 0.2) is 425 Å². The molecule has 0 spiro atoms. The zero-order valence-corrected chi connectivity index (χ0v) is 73.4. The van der Waals surface area contributed by atoms with Gasteiger partial charge < -0.3 is 13.5 Å². The Kier molecular flexibility index (Phi) is 24.3. The van der Waals surface area contributed by atoms with Crippen molar-refractivity contribution in [2.75, 3.05) is 0 Å². The zero-order valence-electron chi connectivity index (χ0n) is 72.5. The van der Waals surface area contributed by atoms with Crippen molar-refractivity contribution in [3.05, 3.63) is 425 Å². The molecule has 0 amide bonds. The van der Waals surface area contributed by atoms with Crippen LogP contribution in [-0.2, 0) is 19.4 Å². The first-order valence-corrected chi connectivity index (χ1v) is 44.7. The first kappa shape index (κ1) is 86.1. The maximum Gasteiger partial charge on any atom is 0.534 e. The second-order valence-electron chi connectivity index (χ2n) is 32.9. The third-order valence-corrected chi connectivity index (χ3v) is 24.4. The van der Waals surface area contributed by atoms with E-state index in [4.69, 9.17) is 59.1 Å². The summed E-state index contributed by atoms with van der Waals surface area (Å²) in [6.07, 6.45) is 0. The van der Waals surface area contributed by atoms with E-state index in [0.29, 0.717) is 57.4 Å². The molecule has 1 aliphatic heterocycles. The Morgan fingerprint density at radius 3 is 0.707 bits per heavy atom. The molecule has 1 fully saturated rings. The fourth-order valence-electron chi connectivity index (χ4n) is 15.5. The highest BCUT2D eigenvalue weighted by Crippen LogP contribution is 2.40. The van der Waals surface area contributed by atoms with Gasteiger partial charge in [-0.1, -0.05) is 382 Å². The number of rotatable bonds is 18. The zero-order chi connectivity index (χ0) is 91.1. The van der Waals surface area contributed by atoms with Crippen molar-refractivity contribution in [1.82, 2.24) is 49.8 Å². The molecule has 21 rings (SSSR count). The van der Waals surface area contributed by atoms with Crippen LogP contribution >= 0.6 is 0 Å². The third-order valence-electron chi connectivity index (χ3n) is 23.4. The van der Waals surface area contributed by atoms with Gasteiger partial charge in [0.25, 0.3) is 0 Å². The summed E-state index contributed by atoms with van der Waals surface area (Å²) in [7, 11) is -6.16. The first-order valence-electron chi connectivity index (χ1n) is 43.3. The molecule has 20 aromatic rings. The molecule has 1 aliphatic rings. The van der Waals surface area contributed by atoms with Gasteiger partial charge >= 0.3 is 22.7 Å². The van der Waals surface area contributed by atoms with Crippen molar-refractivity contribution in [2.45, 2.75) is 44.4 Å². The van der Waals surface area contributed by atoms with Gasteiger partial charge in [-0.2, -0.15) is 21.6 Å². The number of aromatic nitrogens is 10. The van der Waals surface area contributed by atoms with Crippen LogP contribution in [0, 0.1) is 0 Å². The Morgan fingerprint density at radius 1 is 0.233 bits per heavy atom. The minimum absolute atomic E-state index is 0.367. The van der Waals surface area contributed by atoms with Crippen LogP contribution in [0.25, 0.3) is 191 Å². The van der Waals surface area contributed by atoms with E-state index in [1.54, 1.807) is 12.1 Å². The normalized spacial score (nSPS) is 12.7. The molecule has 0 radical (unpaired) electrons. The maximum atomic E-state index is 12.8. The van der Waals surface area contributed by atoms with Crippen LogP contribution in [0.4, 0.5) is 13.2 Å². The summed E-state index contributed by atoms with van der Waals surface area (Å²) >= 11 is 0. The summed E-state index contributed by atoms with van der Waals surface area (Å²) in [5.41, 5.74) is 15.9. The molecule has 0 aliphatic carbocycles. The van der Waals surface area contributed by atoms with Gasteiger partial charge in [-0.25, -0.2) is 49.8 Å². The van der Waals surface area contributed by atoms with Crippen LogP contribution in [0.5, 0.6) is 5.75 Å². The van der Waals surface area contributed by atoms with E-state index in [1.807, 2.05) is 255 Å². The van der Waals surface area contributed by atoms with Crippen LogP contribution in [-0.4, -0.2) is 82.1 Å². The Morgan fingerprint density at radius 2 is 0.444 bits per heavy atom. The number of hydrogen-bond donors (Lipinski definition) is 0. The number of nitrogens with zero attached hydrogens (tertiary/aromatic N) is 10. The second-order valence-corrected chi connectivity index (χ2v) is 34.4. The Labute approximate surface area is 768 Å². The molecule has 4 aromatic heterocycles. The molecule has 20 heteroatoms. The van der Waals surface area contributed by atoms with E-state index in [2.05, 4.69) is 171 Å². The highest BCUT2D eigenvalue weighted by Gasteiger charge is 2.52. The summed E-state index contributed by atoms with van der Waals surface area (Å²) in [5, 5.41) is 3.59. The molecule has 15 nitrogen and oxygen atoms in total. The molecular formula is C113H82BF3N10O5S. The van der Waals surface area contributed by atoms with E-state index >= 15 is 0 Å². The smallest absolute Gasteiger partial charge is 0.399 e. The van der Waals surface area contributed by atoms with E-state index in [9.17, 15) is 21.6 Å². The molecule has 0 unspecified atom stereocenters. The van der Waals surface area contributed by atoms with Crippen LogP contribution in [0.1, 0.15) is 27.7 Å². The van der Waals surface area contributed by atoms with Gasteiger partial charge in [0.2, 0.25) is 0 Å². The molecule has 0 bridgehead atoms. The minimum Gasteiger partial charge on any atom is -0.399 e. The topological polar surface area (TPSA) is 191 Å². The molecule has 0 saturated carbocycles. The summed E-state index contributed by atoms with van der Waals surface area (Å²) in [4.78, 5) is 48.7. The predicted molar refractivity (Wildman–Crippen MR) is 525 cm³/mol. The van der Waals surface area contributed by atoms with Crippen LogP contribution in [0.3, 0.4) is 0 Å². The highest BCUT2D eigenvalue weighted by atomic mass is 32.2. The number of fused-ring (bicyclic) bond motifs is 2. The lowest BCUT2D eigenvalue weighted by molar-refractivity contribution is -0.0500. The Balaban J connectivity index is 0.000000134. The van der Waals surface area contributed by atoms with E-state index in [1.165, 1.54) is 29.0 Å². The third kappa shape index (κ3) is 19.6. The second kappa shape index (κ2) is 37.4. The van der Waals surface area contributed by atoms with Crippen LogP contribution in [0.2, 0.25) is 0 Å². The van der Waals surface area contributed by atoms with Gasteiger partial charge in [0.05, 0.1) is 34.0 Å². The summed E-state index contributed by atoms with van der Waals surface area (Å²) in [6.45, 7) is 8.26. The lowest BCUT2D eigenvalue weighted by Crippen LogP contribution is -2.41. The molecule has 0 N–H and O–H groups in total. The average Bonchev–Trinajstić information content (AvgIpc) is 1.63.